The Bertz CT molecular complexity index is 996. The summed E-state index contributed by atoms with van der Waals surface area (Å²) in [6.45, 7) is 4.49. The van der Waals surface area contributed by atoms with Crippen molar-refractivity contribution < 1.29 is 14.3 Å². The lowest BCUT2D eigenvalue weighted by atomic mass is 10.1. The second-order valence-electron chi connectivity index (χ2n) is 6.98. The minimum Gasteiger partial charge on any atom is -0.497 e. The van der Waals surface area contributed by atoms with E-state index in [4.69, 9.17) is 9.47 Å². The van der Waals surface area contributed by atoms with Gasteiger partial charge in [-0.1, -0.05) is 29.8 Å². The van der Waals surface area contributed by atoms with Crippen molar-refractivity contribution in [3.05, 3.63) is 63.5 Å². The van der Waals surface area contributed by atoms with E-state index in [0.29, 0.717) is 18.7 Å². The molecule has 1 amide bonds. The summed E-state index contributed by atoms with van der Waals surface area (Å²) in [5.41, 5.74) is 4.08. The van der Waals surface area contributed by atoms with Crippen LogP contribution in [0.2, 0.25) is 0 Å². The van der Waals surface area contributed by atoms with E-state index in [1.807, 2.05) is 32.2 Å². The van der Waals surface area contributed by atoms with Gasteiger partial charge >= 0.3 is 0 Å². The molecule has 1 aromatic heterocycles. The zero-order valence-corrected chi connectivity index (χ0v) is 18.3. The summed E-state index contributed by atoms with van der Waals surface area (Å²) >= 11 is 1.58. The van der Waals surface area contributed by atoms with Crippen LogP contribution in [-0.2, 0) is 17.8 Å². The van der Waals surface area contributed by atoms with Crippen LogP contribution in [0.1, 0.15) is 21.0 Å². The number of ether oxygens (including phenoxy) is 2. The monoisotopic (exact) mass is 410 g/mol. The number of benzene rings is 2. The molecule has 2 aromatic carbocycles. The summed E-state index contributed by atoms with van der Waals surface area (Å²) in [5, 5.41) is 0.961. The van der Waals surface area contributed by atoms with Crippen LogP contribution in [-0.4, -0.2) is 37.1 Å². The largest absolute Gasteiger partial charge is 0.497 e. The highest BCUT2D eigenvalue weighted by Crippen LogP contribution is 2.30. The van der Waals surface area contributed by atoms with E-state index in [1.54, 1.807) is 30.5 Å². The minimum absolute atomic E-state index is 0.0416. The highest BCUT2D eigenvalue weighted by atomic mass is 32.1. The van der Waals surface area contributed by atoms with Crippen molar-refractivity contribution in [3.8, 4) is 22.8 Å². The average molecular weight is 411 g/mol. The molecular formula is C23H26N2O3S. The van der Waals surface area contributed by atoms with Gasteiger partial charge in [-0.05, 0) is 26.0 Å². The van der Waals surface area contributed by atoms with Gasteiger partial charge in [0.05, 0.1) is 31.3 Å². The van der Waals surface area contributed by atoms with Crippen molar-refractivity contribution >= 4 is 17.2 Å². The highest BCUT2D eigenvalue weighted by Gasteiger charge is 2.18. The highest BCUT2D eigenvalue weighted by molar-refractivity contribution is 7.12. The maximum Gasteiger partial charge on any atom is 0.227 e. The number of carbonyl (C=O) groups is 1. The van der Waals surface area contributed by atoms with Crippen LogP contribution in [0.4, 0.5) is 0 Å². The molecule has 0 fully saturated rings. The Kier molecular flexibility index (Phi) is 6.54. The van der Waals surface area contributed by atoms with Crippen molar-refractivity contribution in [2.24, 2.45) is 0 Å². The zero-order chi connectivity index (χ0) is 21.0. The second kappa shape index (κ2) is 9.09. The lowest BCUT2D eigenvalue weighted by molar-refractivity contribution is -0.129. The van der Waals surface area contributed by atoms with Crippen LogP contribution in [0.25, 0.3) is 11.3 Å². The van der Waals surface area contributed by atoms with Gasteiger partial charge in [-0.15, -0.1) is 11.3 Å². The fourth-order valence-electron chi connectivity index (χ4n) is 3.12. The number of hydrogen-bond acceptors (Lipinski definition) is 5. The third kappa shape index (κ3) is 4.95. The first-order chi connectivity index (χ1) is 13.9. The van der Waals surface area contributed by atoms with Crippen molar-refractivity contribution in [1.29, 1.82) is 0 Å². The topological polar surface area (TPSA) is 51.7 Å². The quantitative estimate of drug-likeness (QED) is 0.569. The number of nitrogens with zero attached hydrogens (tertiary/aromatic N) is 2. The van der Waals surface area contributed by atoms with Crippen LogP contribution in [0.5, 0.6) is 11.5 Å². The van der Waals surface area contributed by atoms with Gasteiger partial charge in [0.25, 0.3) is 0 Å². The van der Waals surface area contributed by atoms with E-state index in [-0.39, 0.29) is 5.91 Å². The summed E-state index contributed by atoms with van der Waals surface area (Å²) < 4.78 is 10.7. The second-order valence-corrected chi connectivity index (χ2v) is 8.26. The van der Waals surface area contributed by atoms with Gasteiger partial charge in [0.1, 0.15) is 11.5 Å². The molecular weight excluding hydrogens is 384 g/mol. The number of aryl methyl sites for hydroxylation is 2. The zero-order valence-electron chi connectivity index (χ0n) is 17.5. The van der Waals surface area contributed by atoms with E-state index in [9.17, 15) is 4.79 Å². The molecule has 3 rings (SSSR count). The Morgan fingerprint density at radius 3 is 2.45 bits per heavy atom. The van der Waals surface area contributed by atoms with E-state index in [0.717, 1.165) is 32.5 Å². The maximum atomic E-state index is 12.9. The molecule has 152 valence electrons. The molecule has 3 aromatic rings. The fourth-order valence-corrected chi connectivity index (χ4v) is 4.07. The van der Waals surface area contributed by atoms with Gasteiger partial charge < -0.3 is 14.4 Å². The Morgan fingerprint density at radius 2 is 1.79 bits per heavy atom. The fraction of sp³-hybridized carbons (Fsp3) is 0.304. The molecule has 1 heterocycles. The minimum atomic E-state index is 0.0416. The van der Waals surface area contributed by atoms with Crippen molar-refractivity contribution in [3.63, 3.8) is 0 Å². The smallest absolute Gasteiger partial charge is 0.227 e. The van der Waals surface area contributed by atoms with Gasteiger partial charge in [0.15, 0.2) is 0 Å². The first-order valence-corrected chi connectivity index (χ1v) is 10.2. The molecule has 0 aliphatic carbocycles. The Morgan fingerprint density at radius 1 is 1.07 bits per heavy atom. The SMILES string of the molecule is COc1ccc(CN(C)C(=O)Cc2sc(C)nc2-c2ccc(C)cc2)c(OC)c1. The van der Waals surface area contributed by atoms with E-state index >= 15 is 0 Å². The normalized spacial score (nSPS) is 10.7. The van der Waals surface area contributed by atoms with Crippen LogP contribution < -0.4 is 9.47 Å². The Hall–Kier alpha value is -2.86. The van der Waals surface area contributed by atoms with Gasteiger partial charge in [0, 0.05) is 35.7 Å². The predicted octanol–water partition coefficient (Wildman–Crippen LogP) is 4.65. The van der Waals surface area contributed by atoms with Crippen LogP contribution >= 0.6 is 11.3 Å². The lowest BCUT2D eigenvalue weighted by Gasteiger charge is -2.19. The number of methoxy groups -OCH3 is 2. The predicted molar refractivity (Wildman–Crippen MR) is 117 cm³/mol. The van der Waals surface area contributed by atoms with Gasteiger partial charge in [0.2, 0.25) is 5.91 Å². The van der Waals surface area contributed by atoms with E-state index < -0.39 is 0 Å². The molecule has 6 heteroatoms. The number of rotatable bonds is 7. The van der Waals surface area contributed by atoms with Gasteiger partial charge in [-0.3, -0.25) is 4.79 Å². The molecule has 0 bridgehead atoms. The standard InChI is InChI=1S/C23H26N2O3S/c1-15-6-8-17(9-7-15)23-21(29-16(2)24-23)13-22(26)25(3)14-18-10-11-19(27-4)12-20(18)28-5/h6-12H,13-14H2,1-5H3. The molecule has 29 heavy (non-hydrogen) atoms. The molecule has 0 atom stereocenters. The van der Waals surface area contributed by atoms with Crippen molar-refractivity contribution in [2.75, 3.05) is 21.3 Å². The summed E-state index contributed by atoms with van der Waals surface area (Å²) in [4.78, 5) is 20.3. The number of hydrogen-bond donors (Lipinski definition) is 0. The Labute approximate surface area is 175 Å². The third-order valence-corrected chi connectivity index (χ3v) is 5.74. The average Bonchev–Trinajstić information content (AvgIpc) is 3.08. The summed E-state index contributed by atoms with van der Waals surface area (Å²) in [6.07, 6.45) is 0.323. The maximum absolute atomic E-state index is 12.9. The molecule has 0 aliphatic rings. The Balaban J connectivity index is 1.76. The molecule has 0 N–H and O–H groups in total. The molecule has 0 saturated heterocycles. The molecule has 0 aliphatic heterocycles. The van der Waals surface area contributed by atoms with Crippen LogP contribution in [0.15, 0.2) is 42.5 Å². The van der Waals surface area contributed by atoms with Crippen molar-refractivity contribution in [1.82, 2.24) is 9.88 Å². The summed E-state index contributed by atoms with van der Waals surface area (Å²) in [5.74, 6) is 1.47. The first-order valence-electron chi connectivity index (χ1n) is 9.39. The molecule has 0 unspecified atom stereocenters. The van der Waals surface area contributed by atoms with E-state index in [1.165, 1.54) is 5.56 Å². The molecule has 0 saturated carbocycles. The van der Waals surface area contributed by atoms with E-state index in [2.05, 4.69) is 36.2 Å². The lowest BCUT2D eigenvalue weighted by Crippen LogP contribution is -2.27. The summed E-state index contributed by atoms with van der Waals surface area (Å²) in [6, 6.07) is 13.9. The summed E-state index contributed by atoms with van der Waals surface area (Å²) in [7, 11) is 5.05. The third-order valence-electron chi connectivity index (χ3n) is 4.77. The van der Waals surface area contributed by atoms with Crippen LogP contribution in [0, 0.1) is 13.8 Å². The number of amides is 1. The number of thiazole rings is 1. The number of carbonyl (C=O) groups excluding carboxylic acids is 1. The molecule has 0 radical (unpaired) electrons. The van der Waals surface area contributed by atoms with Gasteiger partial charge in [-0.2, -0.15) is 0 Å². The molecule has 5 nitrogen and oxygen atoms in total. The number of likely N-dealkylation sites (N-methyl/N-ethyl adjacent to an activating group) is 1. The van der Waals surface area contributed by atoms with Crippen molar-refractivity contribution in [2.45, 2.75) is 26.8 Å². The van der Waals surface area contributed by atoms with Crippen LogP contribution in [0.3, 0.4) is 0 Å². The first kappa shape index (κ1) is 20.9. The molecule has 0 spiro atoms. The number of aromatic nitrogens is 1. The van der Waals surface area contributed by atoms with Gasteiger partial charge in [-0.25, -0.2) is 4.98 Å².